The summed E-state index contributed by atoms with van der Waals surface area (Å²) in [4.78, 5) is 19.4. The van der Waals surface area contributed by atoms with E-state index in [1.807, 2.05) is 19.2 Å². The summed E-state index contributed by atoms with van der Waals surface area (Å²) >= 11 is 1.39. The molecular weight excluding hydrogens is 313 g/mol. The van der Waals surface area contributed by atoms with Crippen molar-refractivity contribution in [3.63, 3.8) is 0 Å². The average Bonchev–Trinajstić information content (AvgIpc) is 3.06. The number of carbonyl (C=O) groups excluding carboxylic acids is 1. The Morgan fingerprint density at radius 3 is 2.70 bits per heavy atom. The molecule has 23 heavy (non-hydrogen) atoms. The van der Waals surface area contributed by atoms with Crippen LogP contribution in [-0.4, -0.2) is 15.8 Å². The Labute approximate surface area is 137 Å². The third kappa shape index (κ3) is 2.90. The number of ketones is 1. The van der Waals surface area contributed by atoms with Crippen LogP contribution < -0.4 is 5.32 Å². The van der Waals surface area contributed by atoms with Crippen LogP contribution in [0.15, 0.2) is 29.6 Å². The van der Waals surface area contributed by atoms with Gasteiger partial charge in [-0.05, 0) is 38.5 Å². The van der Waals surface area contributed by atoms with E-state index in [0.717, 1.165) is 22.6 Å². The van der Waals surface area contributed by atoms with Gasteiger partial charge in [-0.2, -0.15) is 0 Å². The van der Waals surface area contributed by atoms with E-state index in [2.05, 4.69) is 15.3 Å². The normalized spacial score (nSPS) is 10.8. The molecule has 4 nitrogen and oxygen atoms in total. The zero-order valence-corrected chi connectivity index (χ0v) is 13.8. The summed E-state index contributed by atoms with van der Waals surface area (Å²) in [5.74, 6) is -0.294. The number of para-hydroxylation sites is 1. The molecule has 0 aliphatic heterocycles. The van der Waals surface area contributed by atoms with Gasteiger partial charge in [0, 0.05) is 16.6 Å². The molecule has 2 aromatic heterocycles. The molecule has 2 N–H and O–H groups in total. The molecule has 0 amide bonds. The van der Waals surface area contributed by atoms with E-state index in [1.54, 1.807) is 25.1 Å². The highest BCUT2D eigenvalue weighted by atomic mass is 32.1. The molecule has 0 spiro atoms. The molecule has 3 aromatic rings. The zero-order chi connectivity index (χ0) is 16.6. The van der Waals surface area contributed by atoms with Crippen LogP contribution in [0.3, 0.4) is 0 Å². The molecule has 0 unspecified atom stereocenters. The van der Waals surface area contributed by atoms with Crippen molar-refractivity contribution in [2.24, 2.45) is 0 Å². The quantitative estimate of drug-likeness (QED) is 0.673. The number of halogens is 1. The van der Waals surface area contributed by atoms with Crippen LogP contribution >= 0.6 is 11.3 Å². The van der Waals surface area contributed by atoms with Crippen LogP contribution in [0.5, 0.6) is 0 Å². The van der Waals surface area contributed by atoms with Gasteiger partial charge in [0.15, 0.2) is 10.9 Å². The standard InChI is InChI=1S/C17H16FN3OS/c1-9-15(11(3)22)10(2)19-16(9)14-8-23-17(21-14)20-13-7-5-4-6-12(13)18/h4-8,19H,1-3H3,(H,20,21). The van der Waals surface area contributed by atoms with E-state index >= 15 is 0 Å². The highest BCUT2D eigenvalue weighted by molar-refractivity contribution is 7.14. The molecule has 0 aliphatic rings. The van der Waals surface area contributed by atoms with Crippen LogP contribution in [0.4, 0.5) is 15.2 Å². The van der Waals surface area contributed by atoms with Crippen molar-refractivity contribution in [1.82, 2.24) is 9.97 Å². The molecule has 0 fully saturated rings. The van der Waals surface area contributed by atoms with Gasteiger partial charge in [0.25, 0.3) is 0 Å². The fourth-order valence-corrected chi connectivity index (χ4v) is 3.37. The number of aromatic nitrogens is 2. The van der Waals surface area contributed by atoms with Crippen molar-refractivity contribution < 1.29 is 9.18 Å². The monoisotopic (exact) mass is 329 g/mol. The number of thiazole rings is 1. The number of H-pyrrole nitrogens is 1. The number of benzene rings is 1. The third-order valence-electron chi connectivity index (χ3n) is 3.67. The van der Waals surface area contributed by atoms with Crippen LogP contribution in [0, 0.1) is 19.7 Å². The van der Waals surface area contributed by atoms with Gasteiger partial charge in [-0.15, -0.1) is 11.3 Å². The number of nitrogens with zero attached hydrogens (tertiary/aromatic N) is 1. The lowest BCUT2D eigenvalue weighted by Crippen LogP contribution is -1.95. The Morgan fingerprint density at radius 1 is 1.30 bits per heavy atom. The largest absolute Gasteiger partial charge is 0.356 e. The minimum atomic E-state index is -0.324. The molecule has 0 atom stereocenters. The van der Waals surface area contributed by atoms with E-state index < -0.39 is 0 Å². The number of hydrogen-bond acceptors (Lipinski definition) is 4. The van der Waals surface area contributed by atoms with Gasteiger partial charge in [-0.25, -0.2) is 9.37 Å². The summed E-state index contributed by atoms with van der Waals surface area (Å²) in [7, 11) is 0. The molecule has 0 saturated carbocycles. The highest BCUT2D eigenvalue weighted by Crippen LogP contribution is 2.31. The number of nitrogens with one attached hydrogen (secondary N) is 2. The van der Waals surface area contributed by atoms with E-state index in [9.17, 15) is 9.18 Å². The topological polar surface area (TPSA) is 57.8 Å². The minimum Gasteiger partial charge on any atom is -0.356 e. The summed E-state index contributed by atoms with van der Waals surface area (Å²) < 4.78 is 13.7. The van der Waals surface area contributed by atoms with Gasteiger partial charge in [-0.3, -0.25) is 4.79 Å². The van der Waals surface area contributed by atoms with Crippen molar-refractivity contribution in [3.05, 3.63) is 52.3 Å². The van der Waals surface area contributed by atoms with Gasteiger partial charge in [0.1, 0.15) is 11.5 Å². The Hall–Kier alpha value is -2.47. The maximum absolute atomic E-state index is 13.7. The first-order valence-corrected chi connectivity index (χ1v) is 8.03. The van der Waals surface area contributed by atoms with E-state index in [1.165, 1.54) is 17.4 Å². The maximum atomic E-state index is 13.7. The smallest absolute Gasteiger partial charge is 0.187 e. The number of Topliss-reactive ketones (excluding diaryl/α,β-unsaturated/α-hetero) is 1. The van der Waals surface area contributed by atoms with Crippen LogP contribution in [0.25, 0.3) is 11.4 Å². The lowest BCUT2D eigenvalue weighted by Gasteiger charge is -2.03. The van der Waals surface area contributed by atoms with Crippen LogP contribution in [-0.2, 0) is 0 Å². The van der Waals surface area contributed by atoms with Gasteiger partial charge in [0.05, 0.1) is 11.4 Å². The molecule has 0 radical (unpaired) electrons. The third-order valence-corrected chi connectivity index (χ3v) is 4.42. The van der Waals surface area contributed by atoms with Gasteiger partial charge < -0.3 is 10.3 Å². The Morgan fingerprint density at radius 2 is 2.04 bits per heavy atom. The second kappa shape index (κ2) is 5.96. The number of hydrogen-bond donors (Lipinski definition) is 2. The average molecular weight is 329 g/mol. The van der Waals surface area contributed by atoms with Gasteiger partial charge >= 0.3 is 0 Å². The molecular formula is C17H16FN3OS. The van der Waals surface area contributed by atoms with Crippen molar-refractivity contribution in [2.75, 3.05) is 5.32 Å². The number of aryl methyl sites for hydroxylation is 1. The SMILES string of the molecule is CC(=O)c1c(C)[nH]c(-c2csc(Nc3ccccc3F)n2)c1C. The summed E-state index contributed by atoms with van der Waals surface area (Å²) in [6.07, 6.45) is 0. The first-order chi connectivity index (χ1) is 11.0. The predicted octanol–water partition coefficient (Wildman–Crippen LogP) is 4.84. The molecule has 2 heterocycles. The second-order valence-electron chi connectivity index (χ2n) is 5.32. The van der Waals surface area contributed by atoms with E-state index in [0.29, 0.717) is 16.4 Å². The number of anilines is 2. The first-order valence-electron chi connectivity index (χ1n) is 7.15. The summed E-state index contributed by atoms with van der Waals surface area (Å²) in [5, 5.41) is 5.46. The number of rotatable bonds is 4. The summed E-state index contributed by atoms with van der Waals surface area (Å²) in [5.41, 5.74) is 4.38. The summed E-state index contributed by atoms with van der Waals surface area (Å²) in [6.45, 7) is 5.33. The maximum Gasteiger partial charge on any atom is 0.187 e. The highest BCUT2D eigenvalue weighted by Gasteiger charge is 2.18. The Balaban J connectivity index is 1.93. The van der Waals surface area contributed by atoms with Crippen molar-refractivity contribution in [1.29, 1.82) is 0 Å². The molecule has 118 valence electrons. The molecule has 6 heteroatoms. The van der Waals surface area contributed by atoms with Crippen molar-refractivity contribution in [3.8, 4) is 11.4 Å². The molecule has 1 aromatic carbocycles. The van der Waals surface area contributed by atoms with Crippen molar-refractivity contribution >= 4 is 27.9 Å². The molecule has 0 bridgehead atoms. The van der Waals surface area contributed by atoms with Crippen LogP contribution in [0.2, 0.25) is 0 Å². The molecule has 3 rings (SSSR count). The first kappa shape index (κ1) is 15.4. The zero-order valence-electron chi connectivity index (χ0n) is 13.0. The lowest BCUT2D eigenvalue weighted by atomic mass is 10.1. The van der Waals surface area contributed by atoms with Gasteiger partial charge in [0.2, 0.25) is 0 Å². The van der Waals surface area contributed by atoms with E-state index in [-0.39, 0.29) is 11.6 Å². The van der Waals surface area contributed by atoms with Crippen molar-refractivity contribution in [2.45, 2.75) is 20.8 Å². The van der Waals surface area contributed by atoms with Gasteiger partial charge in [-0.1, -0.05) is 12.1 Å². The summed E-state index contributed by atoms with van der Waals surface area (Å²) in [6, 6.07) is 6.46. The fraction of sp³-hybridized carbons (Fsp3) is 0.176. The molecule has 0 aliphatic carbocycles. The van der Waals surface area contributed by atoms with E-state index in [4.69, 9.17) is 0 Å². The Bertz CT molecular complexity index is 882. The minimum absolute atomic E-state index is 0.0300. The fourth-order valence-electron chi connectivity index (χ4n) is 2.66. The lowest BCUT2D eigenvalue weighted by molar-refractivity contribution is 0.101. The predicted molar refractivity (Wildman–Crippen MR) is 91.1 cm³/mol. The second-order valence-corrected chi connectivity index (χ2v) is 6.18. The molecule has 0 saturated heterocycles. The number of carbonyl (C=O) groups is 1. The Kier molecular flexibility index (Phi) is 4.00. The van der Waals surface area contributed by atoms with Crippen LogP contribution in [0.1, 0.15) is 28.5 Å². The number of aromatic amines is 1.